The van der Waals surface area contributed by atoms with Crippen LogP contribution in [0.1, 0.15) is 18.4 Å². The van der Waals surface area contributed by atoms with Crippen LogP contribution < -0.4 is 0 Å². The number of aliphatic hydroxyl groups excluding tert-OH is 1. The minimum atomic E-state index is -0.655. The van der Waals surface area contributed by atoms with Crippen LogP contribution in [0, 0.1) is 0 Å². The van der Waals surface area contributed by atoms with E-state index in [1.807, 2.05) is 36.4 Å². The molecule has 0 spiro atoms. The lowest BCUT2D eigenvalue weighted by Gasteiger charge is -2.14. The van der Waals surface area contributed by atoms with Crippen molar-refractivity contribution < 1.29 is 9.90 Å². The summed E-state index contributed by atoms with van der Waals surface area (Å²) in [6, 6.07) is 9.70. The van der Waals surface area contributed by atoms with Crippen LogP contribution >= 0.6 is 0 Å². The summed E-state index contributed by atoms with van der Waals surface area (Å²) in [6.07, 6.45) is 3.78. The van der Waals surface area contributed by atoms with Crippen LogP contribution in [-0.4, -0.2) is 22.1 Å². The van der Waals surface area contributed by atoms with Crippen molar-refractivity contribution in [2.24, 2.45) is 0 Å². The zero-order valence-electron chi connectivity index (χ0n) is 8.34. The average molecular weight is 203 g/mol. The van der Waals surface area contributed by atoms with Crippen LogP contribution in [0.15, 0.2) is 36.5 Å². The van der Waals surface area contributed by atoms with E-state index in [-0.39, 0.29) is 5.91 Å². The summed E-state index contributed by atoms with van der Waals surface area (Å²) in [4.78, 5) is 12.7. The van der Waals surface area contributed by atoms with Gasteiger partial charge in [-0.05, 0) is 11.6 Å². The van der Waals surface area contributed by atoms with Gasteiger partial charge in [0.25, 0.3) is 0 Å². The Bertz CT molecular complexity index is 372. The summed E-state index contributed by atoms with van der Waals surface area (Å²) in [5, 5.41) is 9.49. The molecule has 1 aliphatic heterocycles. The van der Waals surface area contributed by atoms with Gasteiger partial charge in [0.1, 0.15) is 6.23 Å². The summed E-state index contributed by atoms with van der Waals surface area (Å²) < 4.78 is 0. The smallest absolute Gasteiger partial charge is 0.228 e. The monoisotopic (exact) mass is 203 g/mol. The van der Waals surface area contributed by atoms with E-state index in [4.69, 9.17) is 0 Å². The quantitative estimate of drug-likeness (QED) is 0.793. The highest BCUT2D eigenvalue weighted by Crippen LogP contribution is 2.17. The molecule has 0 aliphatic carbocycles. The van der Waals surface area contributed by atoms with Gasteiger partial charge in [-0.2, -0.15) is 0 Å². The minimum absolute atomic E-state index is 0.0188. The van der Waals surface area contributed by atoms with Crippen LogP contribution in [0.4, 0.5) is 0 Å². The average Bonchev–Trinajstić information content (AvgIpc) is 2.58. The molecule has 1 amide bonds. The van der Waals surface area contributed by atoms with Crippen LogP contribution in [0.3, 0.4) is 0 Å². The number of amides is 1. The standard InChI is InChI=1S/C12H13NO2/c14-11-6-7-12(15)13(11)9-8-10-4-2-1-3-5-10/h1-5,8-9,11,14H,6-7H2/b9-8+. The highest BCUT2D eigenvalue weighted by atomic mass is 16.3. The van der Waals surface area contributed by atoms with Gasteiger partial charge in [-0.1, -0.05) is 30.3 Å². The zero-order chi connectivity index (χ0) is 10.7. The third-order valence-electron chi connectivity index (χ3n) is 2.45. The van der Waals surface area contributed by atoms with Gasteiger partial charge in [0.15, 0.2) is 0 Å². The molecule has 1 saturated heterocycles. The van der Waals surface area contributed by atoms with Gasteiger partial charge in [-0.25, -0.2) is 0 Å². The number of rotatable bonds is 2. The maximum Gasteiger partial charge on any atom is 0.228 e. The fourth-order valence-corrected chi connectivity index (χ4v) is 1.60. The first-order valence-electron chi connectivity index (χ1n) is 5.00. The Labute approximate surface area is 88.6 Å². The Hall–Kier alpha value is -1.61. The number of hydrogen-bond acceptors (Lipinski definition) is 2. The lowest BCUT2D eigenvalue weighted by Crippen LogP contribution is -2.26. The topological polar surface area (TPSA) is 40.5 Å². The van der Waals surface area contributed by atoms with Crippen molar-refractivity contribution in [3.8, 4) is 0 Å². The molecule has 15 heavy (non-hydrogen) atoms. The molecule has 1 fully saturated rings. The maximum absolute atomic E-state index is 11.3. The van der Waals surface area contributed by atoms with E-state index >= 15 is 0 Å². The molecule has 3 heteroatoms. The molecule has 78 valence electrons. The summed E-state index contributed by atoms with van der Waals surface area (Å²) in [5.74, 6) is -0.0188. The molecular formula is C12H13NO2. The Balaban J connectivity index is 2.08. The van der Waals surface area contributed by atoms with Crippen LogP contribution in [0.5, 0.6) is 0 Å². The molecule has 1 unspecified atom stereocenters. The number of aliphatic hydroxyl groups is 1. The molecule has 0 saturated carbocycles. The first-order valence-corrected chi connectivity index (χ1v) is 5.00. The Kier molecular flexibility index (Phi) is 2.83. The fraction of sp³-hybridized carbons (Fsp3) is 0.250. The van der Waals surface area contributed by atoms with Crippen LogP contribution in [0.25, 0.3) is 6.08 Å². The van der Waals surface area contributed by atoms with Crippen LogP contribution in [-0.2, 0) is 4.79 Å². The zero-order valence-corrected chi connectivity index (χ0v) is 8.34. The molecule has 1 atom stereocenters. The normalized spacial score (nSPS) is 21.5. The fourth-order valence-electron chi connectivity index (χ4n) is 1.60. The lowest BCUT2D eigenvalue weighted by atomic mass is 10.2. The SMILES string of the molecule is O=C1CCC(O)N1/C=C/c1ccccc1. The first kappa shape index (κ1) is 9.93. The van der Waals surface area contributed by atoms with E-state index in [2.05, 4.69) is 0 Å². The molecule has 1 aromatic carbocycles. The molecule has 2 rings (SSSR count). The van der Waals surface area contributed by atoms with E-state index in [1.165, 1.54) is 4.90 Å². The number of carbonyl (C=O) groups excluding carboxylic acids is 1. The number of benzene rings is 1. The van der Waals surface area contributed by atoms with Crippen LogP contribution in [0.2, 0.25) is 0 Å². The predicted molar refractivity (Wildman–Crippen MR) is 57.6 cm³/mol. The van der Waals surface area contributed by atoms with Gasteiger partial charge >= 0.3 is 0 Å². The molecule has 0 aromatic heterocycles. The van der Waals surface area contributed by atoms with Gasteiger partial charge in [-0.15, -0.1) is 0 Å². The molecule has 1 aromatic rings. The Morgan fingerprint density at radius 1 is 1.33 bits per heavy atom. The third-order valence-corrected chi connectivity index (χ3v) is 2.45. The molecule has 1 heterocycles. The highest BCUT2D eigenvalue weighted by molar-refractivity contribution is 5.80. The minimum Gasteiger partial charge on any atom is -0.373 e. The van der Waals surface area contributed by atoms with Gasteiger partial charge in [0.05, 0.1) is 0 Å². The van der Waals surface area contributed by atoms with E-state index in [1.54, 1.807) is 6.20 Å². The van der Waals surface area contributed by atoms with Gasteiger partial charge < -0.3 is 5.11 Å². The third kappa shape index (κ3) is 2.25. The number of nitrogens with zero attached hydrogens (tertiary/aromatic N) is 1. The lowest BCUT2D eigenvalue weighted by molar-refractivity contribution is -0.129. The van der Waals surface area contributed by atoms with Crippen molar-refractivity contribution in [2.75, 3.05) is 0 Å². The Morgan fingerprint density at radius 3 is 2.67 bits per heavy atom. The van der Waals surface area contributed by atoms with Crippen molar-refractivity contribution in [2.45, 2.75) is 19.1 Å². The van der Waals surface area contributed by atoms with Crippen molar-refractivity contribution >= 4 is 12.0 Å². The largest absolute Gasteiger partial charge is 0.373 e. The molecular weight excluding hydrogens is 190 g/mol. The summed E-state index contributed by atoms with van der Waals surface area (Å²) in [5.41, 5.74) is 1.02. The van der Waals surface area contributed by atoms with Crippen molar-refractivity contribution in [1.29, 1.82) is 0 Å². The van der Waals surface area contributed by atoms with E-state index < -0.39 is 6.23 Å². The second kappa shape index (κ2) is 4.28. The predicted octanol–water partition coefficient (Wildman–Crippen LogP) is 1.60. The molecule has 3 nitrogen and oxygen atoms in total. The molecule has 0 radical (unpaired) electrons. The second-order valence-corrected chi connectivity index (χ2v) is 3.55. The van der Waals surface area contributed by atoms with Crippen molar-refractivity contribution in [1.82, 2.24) is 4.90 Å². The summed E-state index contributed by atoms with van der Waals surface area (Å²) in [7, 11) is 0. The van der Waals surface area contributed by atoms with E-state index in [0.29, 0.717) is 12.8 Å². The Morgan fingerprint density at radius 2 is 2.07 bits per heavy atom. The van der Waals surface area contributed by atoms with E-state index in [9.17, 15) is 9.90 Å². The number of likely N-dealkylation sites (tertiary alicyclic amines) is 1. The van der Waals surface area contributed by atoms with Crippen molar-refractivity contribution in [3.63, 3.8) is 0 Å². The number of hydrogen-bond donors (Lipinski definition) is 1. The summed E-state index contributed by atoms with van der Waals surface area (Å²) in [6.45, 7) is 0. The molecule has 1 aliphatic rings. The van der Waals surface area contributed by atoms with Crippen molar-refractivity contribution in [3.05, 3.63) is 42.1 Å². The van der Waals surface area contributed by atoms with Gasteiger partial charge in [0, 0.05) is 19.0 Å². The van der Waals surface area contributed by atoms with E-state index in [0.717, 1.165) is 5.56 Å². The summed E-state index contributed by atoms with van der Waals surface area (Å²) >= 11 is 0. The molecule has 1 N–H and O–H groups in total. The maximum atomic E-state index is 11.3. The van der Waals surface area contributed by atoms with Gasteiger partial charge in [-0.3, -0.25) is 9.69 Å². The first-order chi connectivity index (χ1) is 7.27. The second-order valence-electron chi connectivity index (χ2n) is 3.55. The number of carbonyl (C=O) groups is 1. The highest BCUT2D eigenvalue weighted by Gasteiger charge is 2.26. The van der Waals surface area contributed by atoms with Gasteiger partial charge in [0.2, 0.25) is 5.91 Å². The molecule has 0 bridgehead atoms.